The van der Waals surface area contributed by atoms with E-state index in [-0.39, 0.29) is 12.3 Å². The van der Waals surface area contributed by atoms with Gasteiger partial charge in [-0.3, -0.25) is 4.79 Å². The van der Waals surface area contributed by atoms with E-state index in [9.17, 15) is 4.79 Å². The molecule has 0 radical (unpaired) electrons. The summed E-state index contributed by atoms with van der Waals surface area (Å²) < 4.78 is 0. The molecule has 2 aromatic rings. The average molecular weight is 319 g/mol. The van der Waals surface area contributed by atoms with Gasteiger partial charge < -0.3 is 4.90 Å². The van der Waals surface area contributed by atoms with Crippen molar-refractivity contribution in [1.29, 1.82) is 5.26 Å². The van der Waals surface area contributed by atoms with Crippen LogP contribution < -0.4 is 4.90 Å². The molecule has 0 spiro atoms. The molecule has 21 heavy (non-hydrogen) atoms. The van der Waals surface area contributed by atoms with Crippen molar-refractivity contribution in [3.05, 3.63) is 63.6 Å². The van der Waals surface area contributed by atoms with Crippen LogP contribution in [0.15, 0.2) is 42.5 Å². The third-order valence-corrected chi connectivity index (χ3v) is 3.80. The molecule has 0 saturated carbocycles. The summed E-state index contributed by atoms with van der Waals surface area (Å²) in [7, 11) is 1.82. The zero-order chi connectivity index (χ0) is 15.4. The third kappa shape index (κ3) is 3.75. The Morgan fingerprint density at radius 1 is 1.14 bits per heavy atom. The molecule has 0 heterocycles. The van der Waals surface area contributed by atoms with E-state index >= 15 is 0 Å². The Balaban J connectivity index is 2.10. The number of benzene rings is 2. The summed E-state index contributed by atoms with van der Waals surface area (Å²) >= 11 is 11.8. The van der Waals surface area contributed by atoms with Crippen LogP contribution in [0.4, 0.5) is 5.69 Å². The summed E-state index contributed by atoms with van der Waals surface area (Å²) in [5.74, 6) is -0.0552. The van der Waals surface area contributed by atoms with E-state index < -0.39 is 0 Å². The molecular weight excluding hydrogens is 307 g/mol. The molecule has 0 N–H and O–H groups in total. The summed E-state index contributed by atoms with van der Waals surface area (Å²) in [4.78, 5) is 14.0. The molecule has 0 aromatic heterocycles. The fourth-order valence-corrected chi connectivity index (χ4v) is 2.16. The van der Waals surface area contributed by atoms with Gasteiger partial charge in [0, 0.05) is 18.3 Å². The minimum absolute atomic E-state index is 0.0552. The predicted molar refractivity (Wildman–Crippen MR) is 85.2 cm³/mol. The van der Waals surface area contributed by atoms with E-state index in [4.69, 9.17) is 28.5 Å². The van der Waals surface area contributed by atoms with Crippen molar-refractivity contribution in [3.8, 4) is 6.07 Å². The van der Waals surface area contributed by atoms with Crippen molar-refractivity contribution < 1.29 is 4.79 Å². The van der Waals surface area contributed by atoms with E-state index in [0.717, 1.165) is 5.69 Å². The second kappa shape index (κ2) is 6.62. The van der Waals surface area contributed by atoms with Gasteiger partial charge in [0.2, 0.25) is 0 Å². The quantitative estimate of drug-likeness (QED) is 0.794. The van der Waals surface area contributed by atoms with Crippen molar-refractivity contribution in [2.45, 2.75) is 0 Å². The number of hydrogen-bond acceptors (Lipinski definition) is 3. The number of Topliss-reactive ketones (excluding diaryl/α,β-unsaturated/α-hetero) is 1. The third-order valence-electron chi connectivity index (χ3n) is 3.06. The molecular formula is C16H12Cl2N2O. The molecule has 0 unspecified atom stereocenters. The molecule has 0 amide bonds. The molecule has 0 atom stereocenters. The molecule has 0 aliphatic heterocycles. The van der Waals surface area contributed by atoms with Gasteiger partial charge in [-0.2, -0.15) is 5.26 Å². The highest BCUT2D eigenvalue weighted by atomic mass is 35.5. The Kier molecular flexibility index (Phi) is 4.85. The minimum Gasteiger partial charge on any atom is -0.367 e. The van der Waals surface area contributed by atoms with Crippen LogP contribution >= 0.6 is 23.2 Å². The standard InChI is InChI=1S/C16H12Cl2N2O/c1-20(13-5-2-11(9-19)3-6-13)10-16(21)12-4-7-14(17)15(18)8-12/h2-8H,10H2,1H3. The number of nitrogens with zero attached hydrogens (tertiary/aromatic N) is 2. The Bertz CT molecular complexity index is 705. The van der Waals surface area contributed by atoms with Crippen molar-refractivity contribution >= 4 is 34.7 Å². The van der Waals surface area contributed by atoms with Crippen LogP contribution in [0.5, 0.6) is 0 Å². The monoisotopic (exact) mass is 318 g/mol. The molecule has 2 rings (SSSR count). The Morgan fingerprint density at radius 2 is 1.81 bits per heavy atom. The lowest BCUT2D eigenvalue weighted by atomic mass is 10.1. The van der Waals surface area contributed by atoms with Gasteiger partial charge in [0.05, 0.1) is 28.2 Å². The fourth-order valence-electron chi connectivity index (χ4n) is 1.86. The van der Waals surface area contributed by atoms with Gasteiger partial charge in [-0.15, -0.1) is 0 Å². The smallest absolute Gasteiger partial charge is 0.182 e. The number of carbonyl (C=O) groups excluding carboxylic acids is 1. The molecule has 106 valence electrons. The maximum Gasteiger partial charge on any atom is 0.182 e. The molecule has 5 heteroatoms. The molecule has 0 aliphatic carbocycles. The topological polar surface area (TPSA) is 44.1 Å². The maximum atomic E-state index is 12.2. The van der Waals surface area contributed by atoms with Gasteiger partial charge in [0.25, 0.3) is 0 Å². The molecule has 0 aliphatic rings. The zero-order valence-electron chi connectivity index (χ0n) is 11.3. The number of halogens is 2. The first-order valence-corrected chi connectivity index (χ1v) is 6.96. The molecule has 2 aromatic carbocycles. The first-order chi connectivity index (χ1) is 10.0. The lowest BCUT2D eigenvalue weighted by molar-refractivity contribution is 0.100. The van der Waals surface area contributed by atoms with Gasteiger partial charge >= 0.3 is 0 Å². The first kappa shape index (κ1) is 15.4. The van der Waals surface area contributed by atoms with Crippen LogP contribution in [0.1, 0.15) is 15.9 Å². The van der Waals surface area contributed by atoms with E-state index in [2.05, 4.69) is 6.07 Å². The van der Waals surface area contributed by atoms with Gasteiger partial charge in [0.1, 0.15) is 0 Å². The number of hydrogen-bond donors (Lipinski definition) is 0. The zero-order valence-corrected chi connectivity index (χ0v) is 12.8. The summed E-state index contributed by atoms with van der Waals surface area (Å²) in [6, 6.07) is 13.9. The number of nitriles is 1. The summed E-state index contributed by atoms with van der Waals surface area (Å²) in [6.07, 6.45) is 0. The summed E-state index contributed by atoms with van der Waals surface area (Å²) in [6.45, 7) is 0.212. The first-order valence-electron chi connectivity index (χ1n) is 6.21. The second-order valence-corrected chi connectivity index (χ2v) is 5.38. The van der Waals surface area contributed by atoms with Crippen molar-refractivity contribution in [2.24, 2.45) is 0 Å². The number of rotatable bonds is 4. The summed E-state index contributed by atoms with van der Waals surface area (Å²) in [5.41, 5.74) is 1.97. The van der Waals surface area contributed by atoms with E-state index in [1.165, 1.54) is 0 Å². The SMILES string of the molecule is CN(CC(=O)c1ccc(Cl)c(Cl)c1)c1ccc(C#N)cc1. The van der Waals surface area contributed by atoms with Crippen molar-refractivity contribution in [1.82, 2.24) is 0 Å². The number of carbonyl (C=O) groups is 1. The van der Waals surface area contributed by atoms with Crippen LogP contribution in [0.25, 0.3) is 0 Å². The molecule has 0 bridgehead atoms. The number of likely N-dealkylation sites (N-methyl/N-ethyl adjacent to an activating group) is 1. The van der Waals surface area contributed by atoms with Gasteiger partial charge in [-0.05, 0) is 42.5 Å². The predicted octanol–water partition coefficient (Wildman–Crippen LogP) is 4.18. The van der Waals surface area contributed by atoms with E-state index in [1.54, 1.807) is 42.5 Å². The van der Waals surface area contributed by atoms with Crippen molar-refractivity contribution in [3.63, 3.8) is 0 Å². The van der Waals surface area contributed by atoms with Crippen LogP contribution in [0.2, 0.25) is 10.0 Å². The Labute approximate surface area is 133 Å². The fraction of sp³-hybridized carbons (Fsp3) is 0.125. The average Bonchev–Trinajstić information content (AvgIpc) is 2.50. The molecule has 0 fully saturated rings. The number of anilines is 1. The van der Waals surface area contributed by atoms with Crippen LogP contribution in [0.3, 0.4) is 0 Å². The maximum absolute atomic E-state index is 12.2. The highest BCUT2D eigenvalue weighted by molar-refractivity contribution is 6.42. The van der Waals surface area contributed by atoms with Gasteiger partial charge in [-0.1, -0.05) is 23.2 Å². The Hall–Kier alpha value is -2.02. The van der Waals surface area contributed by atoms with Crippen molar-refractivity contribution in [2.75, 3.05) is 18.5 Å². The van der Waals surface area contributed by atoms with E-state index in [0.29, 0.717) is 21.2 Å². The van der Waals surface area contributed by atoms with E-state index in [1.807, 2.05) is 11.9 Å². The highest BCUT2D eigenvalue weighted by Crippen LogP contribution is 2.23. The normalized spacial score (nSPS) is 10.0. The molecule has 0 saturated heterocycles. The lowest BCUT2D eigenvalue weighted by Crippen LogP contribution is -2.25. The van der Waals surface area contributed by atoms with Crippen LogP contribution in [0, 0.1) is 11.3 Å². The number of ketones is 1. The van der Waals surface area contributed by atoms with Gasteiger partial charge in [-0.25, -0.2) is 0 Å². The lowest BCUT2D eigenvalue weighted by Gasteiger charge is -2.18. The minimum atomic E-state index is -0.0552. The highest BCUT2D eigenvalue weighted by Gasteiger charge is 2.11. The Morgan fingerprint density at radius 3 is 2.38 bits per heavy atom. The second-order valence-electron chi connectivity index (χ2n) is 4.57. The van der Waals surface area contributed by atoms with Gasteiger partial charge in [0.15, 0.2) is 5.78 Å². The van der Waals surface area contributed by atoms with Crippen LogP contribution in [-0.4, -0.2) is 19.4 Å². The van der Waals surface area contributed by atoms with Crippen LogP contribution in [-0.2, 0) is 0 Å². The largest absolute Gasteiger partial charge is 0.367 e. The summed E-state index contributed by atoms with van der Waals surface area (Å²) in [5, 5.41) is 9.56. The molecule has 3 nitrogen and oxygen atoms in total.